The molecule has 1 atom stereocenters. The van der Waals surface area contributed by atoms with E-state index in [1.807, 2.05) is 4.57 Å². The van der Waals surface area contributed by atoms with Crippen molar-refractivity contribution in [2.75, 3.05) is 6.61 Å². The molecule has 7 nitrogen and oxygen atoms in total. The monoisotopic (exact) mass is 401 g/mol. The van der Waals surface area contributed by atoms with Crippen LogP contribution in [-0.2, 0) is 29.9 Å². The molecular weight excluding hydrogens is 378 g/mol. The molecule has 2 aromatic rings. The molecule has 1 aromatic carbocycles. The Balaban J connectivity index is 1.56. The van der Waals surface area contributed by atoms with Gasteiger partial charge in [-0.25, -0.2) is 4.79 Å². The van der Waals surface area contributed by atoms with E-state index in [-0.39, 0.29) is 17.5 Å². The number of thioether (sulfide) groups is 1. The van der Waals surface area contributed by atoms with Crippen LogP contribution in [0.4, 0.5) is 5.69 Å². The summed E-state index contributed by atoms with van der Waals surface area (Å²) in [5.41, 5.74) is 3.18. The van der Waals surface area contributed by atoms with Crippen LogP contribution in [0.3, 0.4) is 0 Å². The number of non-ortho nitro benzene ring substituents is 1. The second kappa shape index (κ2) is 8.45. The summed E-state index contributed by atoms with van der Waals surface area (Å²) in [7, 11) is 0. The summed E-state index contributed by atoms with van der Waals surface area (Å²) >= 11 is 1.54. The molecule has 4 rings (SSSR count). The van der Waals surface area contributed by atoms with Gasteiger partial charge in [0.05, 0.1) is 17.6 Å². The Morgan fingerprint density at radius 1 is 1.21 bits per heavy atom. The number of nitrogens with zero attached hydrogens (tertiary/aromatic N) is 3. The van der Waals surface area contributed by atoms with Gasteiger partial charge in [0, 0.05) is 35.7 Å². The molecule has 1 saturated heterocycles. The molecule has 2 heterocycles. The standard InChI is InChI=1S/C20H23N3O4S/c24-20-21-19(28-13-14-7-9-15(10-8-14)23(25)26)17-5-1-2-6-18(17)22(20)12-16-4-3-11-27-16/h7-10,16H,1-6,11-13H2. The molecule has 1 aliphatic heterocycles. The molecule has 0 radical (unpaired) electrons. The van der Waals surface area contributed by atoms with Crippen molar-refractivity contribution in [1.29, 1.82) is 0 Å². The SMILES string of the molecule is O=c1nc(SCc2ccc([N+](=O)[O-])cc2)c2c(n1CC1CCCO1)CCCC2. The maximum Gasteiger partial charge on any atom is 0.348 e. The molecule has 8 heteroatoms. The van der Waals surface area contributed by atoms with Crippen molar-refractivity contribution >= 4 is 17.4 Å². The predicted octanol–water partition coefficient (Wildman–Crippen LogP) is 3.50. The number of hydrogen-bond acceptors (Lipinski definition) is 6. The van der Waals surface area contributed by atoms with Gasteiger partial charge >= 0.3 is 5.69 Å². The molecule has 148 valence electrons. The molecular formula is C20H23N3O4S. The molecule has 0 bridgehead atoms. The molecule has 1 fully saturated rings. The first-order chi connectivity index (χ1) is 13.6. The fourth-order valence-electron chi connectivity index (χ4n) is 3.91. The Kier molecular flexibility index (Phi) is 5.77. The number of nitro benzene ring substituents is 1. The highest BCUT2D eigenvalue weighted by Crippen LogP contribution is 2.31. The summed E-state index contributed by atoms with van der Waals surface area (Å²) in [5, 5.41) is 11.6. The van der Waals surface area contributed by atoms with Gasteiger partial charge in [0.1, 0.15) is 5.03 Å². The van der Waals surface area contributed by atoms with Crippen molar-refractivity contribution in [2.45, 2.75) is 62.0 Å². The van der Waals surface area contributed by atoms with Crippen molar-refractivity contribution in [1.82, 2.24) is 9.55 Å². The van der Waals surface area contributed by atoms with Crippen LogP contribution >= 0.6 is 11.8 Å². The molecule has 0 spiro atoms. The van der Waals surface area contributed by atoms with E-state index in [4.69, 9.17) is 4.74 Å². The van der Waals surface area contributed by atoms with Crippen LogP contribution in [0.25, 0.3) is 0 Å². The maximum absolute atomic E-state index is 12.7. The normalized spacial score (nSPS) is 18.8. The minimum Gasteiger partial charge on any atom is -0.376 e. The second-order valence-electron chi connectivity index (χ2n) is 7.29. The van der Waals surface area contributed by atoms with Crippen LogP contribution in [0.5, 0.6) is 0 Å². The van der Waals surface area contributed by atoms with E-state index in [9.17, 15) is 14.9 Å². The first-order valence-electron chi connectivity index (χ1n) is 9.72. The highest BCUT2D eigenvalue weighted by molar-refractivity contribution is 7.98. The van der Waals surface area contributed by atoms with Crippen molar-refractivity contribution in [2.24, 2.45) is 0 Å². The number of benzene rings is 1. The third-order valence-electron chi connectivity index (χ3n) is 5.38. The van der Waals surface area contributed by atoms with Gasteiger partial charge in [-0.15, -0.1) is 11.8 Å². The Hall–Kier alpha value is -2.19. The Labute approximate surface area is 167 Å². The van der Waals surface area contributed by atoms with Crippen molar-refractivity contribution < 1.29 is 9.66 Å². The smallest absolute Gasteiger partial charge is 0.348 e. The summed E-state index contributed by atoms with van der Waals surface area (Å²) in [6, 6.07) is 6.54. The minimum absolute atomic E-state index is 0.0842. The summed E-state index contributed by atoms with van der Waals surface area (Å²) < 4.78 is 7.56. The van der Waals surface area contributed by atoms with E-state index in [1.165, 1.54) is 17.7 Å². The van der Waals surface area contributed by atoms with E-state index in [1.54, 1.807) is 23.9 Å². The molecule has 1 unspecified atom stereocenters. The number of rotatable bonds is 6. The Morgan fingerprint density at radius 3 is 2.71 bits per heavy atom. The van der Waals surface area contributed by atoms with Crippen LogP contribution in [-0.4, -0.2) is 27.2 Å². The van der Waals surface area contributed by atoms with Crippen LogP contribution < -0.4 is 5.69 Å². The lowest BCUT2D eigenvalue weighted by atomic mass is 9.97. The molecule has 0 amide bonds. The molecule has 28 heavy (non-hydrogen) atoms. The van der Waals surface area contributed by atoms with Gasteiger partial charge in [0.25, 0.3) is 5.69 Å². The molecule has 0 saturated carbocycles. The summed E-state index contributed by atoms with van der Waals surface area (Å²) in [4.78, 5) is 27.5. The van der Waals surface area contributed by atoms with E-state index in [0.29, 0.717) is 12.3 Å². The van der Waals surface area contributed by atoms with Crippen molar-refractivity contribution in [3.8, 4) is 0 Å². The fraction of sp³-hybridized carbons (Fsp3) is 0.500. The zero-order valence-electron chi connectivity index (χ0n) is 15.6. The summed E-state index contributed by atoms with van der Waals surface area (Å²) in [6.07, 6.45) is 6.22. The molecule has 2 aliphatic rings. The zero-order valence-corrected chi connectivity index (χ0v) is 16.5. The third-order valence-corrected chi connectivity index (χ3v) is 6.47. The van der Waals surface area contributed by atoms with E-state index in [2.05, 4.69) is 4.98 Å². The van der Waals surface area contributed by atoms with Gasteiger partial charge in [0.15, 0.2) is 0 Å². The number of ether oxygens (including phenoxy) is 1. The molecule has 1 aliphatic carbocycles. The zero-order chi connectivity index (χ0) is 19.5. The summed E-state index contributed by atoms with van der Waals surface area (Å²) in [6.45, 7) is 1.37. The number of aromatic nitrogens is 2. The minimum atomic E-state index is -0.400. The van der Waals surface area contributed by atoms with Crippen LogP contribution in [0.1, 0.15) is 42.5 Å². The molecule has 1 aromatic heterocycles. The van der Waals surface area contributed by atoms with Crippen LogP contribution in [0, 0.1) is 10.1 Å². The molecule has 0 N–H and O–H groups in total. The quantitative estimate of drug-likeness (QED) is 0.319. The van der Waals surface area contributed by atoms with Crippen LogP contribution in [0.15, 0.2) is 34.1 Å². The van der Waals surface area contributed by atoms with Crippen LogP contribution in [0.2, 0.25) is 0 Å². The summed E-state index contributed by atoms with van der Waals surface area (Å²) in [5.74, 6) is 0.632. The second-order valence-corrected chi connectivity index (χ2v) is 8.25. The van der Waals surface area contributed by atoms with Gasteiger partial charge in [-0.05, 0) is 44.1 Å². The first kappa shape index (κ1) is 19.1. The van der Waals surface area contributed by atoms with Crippen molar-refractivity contribution in [3.63, 3.8) is 0 Å². The van der Waals surface area contributed by atoms with Gasteiger partial charge < -0.3 is 4.74 Å². The predicted molar refractivity (Wildman–Crippen MR) is 107 cm³/mol. The maximum atomic E-state index is 12.7. The van der Waals surface area contributed by atoms with Gasteiger partial charge in [-0.3, -0.25) is 14.7 Å². The first-order valence-corrected chi connectivity index (χ1v) is 10.7. The average Bonchev–Trinajstić information content (AvgIpc) is 3.22. The number of hydrogen-bond donors (Lipinski definition) is 0. The number of nitro groups is 1. The fourth-order valence-corrected chi connectivity index (χ4v) is 4.95. The van der Waals surface area contributed by atoms with Gasteiger partial charge in [-0.2, -0.15) is 4.98 Å². The van der Waals surface area contributed by atoms with E-state index >= 15 is 0 Å². The van der Waals surface area contributed by atoms with Crippen molar-refractivity contribution in [3.05, 3.63) is 61.7 Å². The van der Waals surface area contributed by atoms with Gasteiger partial charge in [0.2, 0.25) is 0 Å². The number of fused-ring (bicyclic) bond motifs is 1. The average molecular weight is 401 g/mol. The lowest BCUT2D eigenvalue weighted by molar-refractivity contribution is -0.384. The Morgan fingerprint density at radius 2 is 2.00 bits per heavy atom. The lowest BCUT2D eigenvalue weighted by Crippen LogP contribution is -2.33. The highest BCUT2D eigenvalue weighted by atomic mass is 32.2. The van der Waals surface area contributed by atoms with E-state index < -0.39 is 4.92 Å². The lowest BCUT2D eigenvalue weighted by Gasteiger charge is -2.24. The highest BCUT2D eigenvalue weighted by Gasteiger charge is 2.24. The van der Waals surface area contributed by atoms with E-state index in [0.717, 1.165) is 61.4 Å². The third kappa shape index (κ3) is 4.12. The Bertz CT molecular complexity index is 920. The van der Waals surface area contributed by atoms with Gasteiger partial charge in [-0.1, -0.05) is 12.1 Å². The topological polar surface area (TPSA) is 87.3 Å². The largest absolute Gasteiger partial charge is 0.376 e.